The van der Waals surface area contributed by atoms with Crippen molar-refractivity contribution in [3.05, 3.63) is 76.2 Å². The molecule has 2 aromatic heterocycles. The quantitative estimate of drug-likeness (QED) is 0.143. The van der Waals surface area contributed by atoms with Crippen LogP contribution >= 0.6 is 0 Å². The average molecular weight is 724 g/mol. The molecule has 2 atom stereocenters. The number of aromatic amines is 1. The van der Waals surface area contributed by atoms with Crippen molar-refractivity contribution in [1.29, 1.82) is 0 Å². The van der Waals surface area contributed by atoms with E-state index in [1.807, 2.05) is 62.1 Å². The highest BCUT2D eigenvalue weighted by molar-refractivity contribution is 6.00. The van der Waals surface area contributed by atoms with Crippen LogP contribution in [-0.2, 0) is 20.9 Å². The number of benzene rings is 1. The molecular weight excluding hydrogens is 670 g/mol. The highest BCUT2D eigenvalue weighted by Gasteiger charge is 2.34. The molecule has 12 nitrogen and oxygen atoms in total. The van der Waals surface area contributed by atoms with Crippen molar-refractivity contribution < 1.29 is 23.9 Å². The molecular formula is C41H53N7O5. The minimum atomic E-state index is -0.332. The number of nitrogens with zero attached hydrogens (tertiary/aromatic N) is 5. The van der Waals surface area contributed by atoms with E-state index in [2.05, 4.69) is 49.3 Å². The van der Waals surface area contributed by atoms with E-state index >= 15 is 0 Å². The largest absolute Gasteiger partial charge is 0.478 e. The van der Waals surface area contributed by atoms with Crippen LogP contribution in [0.1, 0.15) is 110 Å². The van der Waals surface area contributed by atoms with Crippen molar-refractivity contribution in [3.8, 4) is 5.88 Å². The highest BCUT2D eigenvalue weighted by Crippen LogP contribution is 2.36. The molecule has 5 heterocycles. The van der Waals surface area contributed by atoms with Gasteiger partial charge in [0.05, 0.1) is 6.61 Å². The minimum Gasteiger partial charge on any atom is -0.478 e. The van der Waals surface area contributed by atoms with Gasteiger partial charge in [-0.2, -0.15) is 0 Å². The summed E-state index contributed by atoms with van der Waals surface area (Å²) in [6, 6.07) is 12.1. The summed E-state index contributed by atoms with van der Waals surface area (Å²) in [6.45, 7) is 9.98. The fourth-order valence-electron chi connectivity index (χ4n) is 7.52. The first-order valence-electron chi connectivity index (χ1n) is 18.9. The number of hydrogen-bond donors (Lipinski definition) is 2. The van der Waals surface area contributed by atoms with Crippen molar-refractivity contribution in [2.45, 2.75) is 84.3 Å². The Kier molecular flexibility index (Phi) is 14.1. The van der Waals surface area contributed by atoms with Crippen molar-refractivity contribution in [2.75, 3.05) is 38.2 Å². The fraction of sp³-hybridized carbons (Fsp3) is 0.463. The summed E-state index contributed by atoms with van der Waals surface area (Å²) >= 11 is 0. The zero-order chi connectivity index (χ0) is 37.7. The molecule has 0 aliphatic carbocycles. The van der Waals surface area contributed by atoms with Crippen molar-refractivity contribution in [1.82, 2.24) is 25.1 Å². The number of piperidine rings is 1. The summed E-state index contributed by atoms with van der Waals surface area (Å²) in [7, 11) is 2.13. The summed E-state index contributed by atoms with van der Waals surface area (Å²) in [4.78, 5) is 64.8. The van der Waals surface area contributed by atoms with Gasteiger partial charge < -0.3 is 19.5 Å². The Morgan fingerprint density at radius 2 is 1.92 bits per heavy atom. The lowest BCUT2D eigenvalue weighted by atomic mass is 9.93. The second-order valence-corrected chi connectivity index (χ2v) is 13.8. The third-order valence-electron chi connectivity index (χ3n) is 10.5. The number of rotatable bonds is 15. The number of hydrogen-bond acceptors (Lipinski definition) is 8. The van der Waals surface area contributed by atoms with E-state index in [1.165, 1.54) is 6.42 Å². The first-order chi connectivity index (χ1) is 25.8. The molecule has 12 heteroatoms. The van der Waals surface area contributed by atoms with Gasteiger partial charge in [0.1, 0.15) is 0 Å². The molecule has 3 aromatic rings. The predicted octanol–water partition coefficient (Wildman–Crippen LogP) is 6.03. The Bertz CT molecular complexity index is 1760. The summed E-state index contributed by atoms with van der Waals surface area (Å²) < 4.78 is 6.03. The van der Waals surface area contributed by atoms with E-state index < -0.39 is 0 Å². The van der Waals surface area contributed by atoms with Gasteiger partial charge in [0, 0.05) is 90.4 Å². The molecule has 0 radical (unpaired) electrons. The first-order valence-corrected chi connectivity index (χ1v) is 18.9. The van der Waals surface area contributed by atoms with Crippen LogP contribution in [0.5, 0.6) is 5.88 Å². The molecule has 282 valence electrons. The number of anilines is 1. The average Bonchev–Trinajstić information content (AvgIpc) is 3.90. The molecule has 3 aliphatic heterocycles. The number of nitrogens with one attached hydrogen (secondary N) is 2. The predicted molar refractivity (Wildman–Crippen MR) is 208 cm³/mol. The fourth-order valence-corrected chi connectivity index (χ4v) is 7.52. The second-order valence-electron chi connectivity index (χ2n) is 13.8. The number of aliphatic imine (C=N–C) groups is 1. The standard InChI is InChI=1S/C39H47N7O5.C2H6/c1-27(8-12-37(49)42-26-48)46-24-32-31(39(46)50)5-3-6-35(32)45-18-14-28(15-19-45)16-20-51-38-13-10-29(22-41-38)9-11-33-30(23-40-25-47)21-34(43-33)36-7-4-17-44(36)2;1-2/h3,5-6,9-11,13,21-23,25-28,36,43H,4,7-8,12,14-20,24H2,1-2H3,(H,42,48,49);1-2H3/b11-9+,40-23?;. The Morgan fingerprint density at radius 1 is 1.11 bits per heavy atom. The normalized spacial score (nSPS) is 18.3. The lowest BCUT2D eigenvalue weighted by Gasteiger charge is -2.34. The molecule has 0 saturated carbocycles. The Morgan fingerprint density at radius 3 is 2.62 bits per heavy atom. The van der Waals surface area contributed by atoms with Crippen LogP contribution in [0, 0.1) is 5.92 Å². The molecule has 0 bridgehead atoms. The first kappa shape index (κ1) is 39.1. The van der Waals surface area contributed by atoms with Crippen LogP contribution in [0.2, 0.25) is 0 Å². The summed E-state index contributed by atoms with van der Waals surface area (Å²) in [5, 5.41) is 2.17. The van der Waals surface area contributed by atoms with Gasteiger partial charge in [-0.3, -0.25) is 29.4 Å². The zero-order valence-electron chi connectivity index (χ0n) is 31.4. The van der Waals surface area contributed by atoms with E-state index in [-0.39, 0.29) is 24.3 Å². The van der Waals surface area contributed by atoms with Gasteiger partial charge in [-0.15, -0.1) is 0 Å². The van der Waals surface area contributed by atoms with Crippen molar-refractivity contribution in [3.63, 3.8) is 0 Å². The van der Waals surface area contributed by atoms with Gasteiger partial charge in [-0.05, 0) is 101 Å². The Balaban J connectivity index is 0.00000266. The van der Waals surface area contributed by atoms with Gasteiger partial charge in [-0.25, -0.2) is 9.98 Å². The minimum absolute atomic E-state index is 0.00287. The molecule has 2 unspecified atom stereocenters. The highest BCUT2D eigenvalue weighted by atomic mass is 16.5. The number of aromatic nitrogens is 2. The number of ether oxygens (including phenoxy) is 1. The molecule has 6 rings (SSSR count). The van der Waals surface area contributed by atoms with Crippen molar-refractivity contribution in [2.24, 2.45) is 10.9 Å². The number of fused-ring (bicyclic) bond motifs is 1. The van der Waals surface area contributed by atoms with Gasteiger partial charge >= 0.3 is 0 Å². The SMILES string of the molecule is CC.CC(CCC(=O)NC=O)N1Cc2c(cccc2N2CCC(CCOc3ccc(/C=C/c4[nH]c(C5CCCN5C)cc4C=NC=O)cn3)CC2)C1=O. The number of pyridine rings is 1. The smallest absolute Gasteiger partial charge is 0.254 e. The summed E-state index contributed by atoms with van der Waals surface area (Å²) in [5.74, 6) is 0.808. The molecule has 0 spiro atoms. The molecule has 2 saturated heterocycles. The van der Waals surface area contributed by atoms with Crippen LogP contribution in [0.25, 0.3) is 12.2 Å². The number of carbonyl (C=O) groups excluding carboxylic acids is 4. The van der Waals surface area contributed by atoms with E-state index in [4.69, 9.17) is 4.74 Å². The molecule has 53 heavy (non-hydrogen) atoms. The molecule has 1 aromatic carbocycles. The van der Waals surface area contributed by atoms with E-state index in [0.717, 1.165) is 84.6 Å². The Labute approximate surface area is 312 Å². The van der Waals surface area contributed by atoms with Crippen LogP contribution in [-0.4, -0.2) is 89.9 Å². The van der Waals surface area contributed by atoms with Gasteiger partial charge in [0.25, 0.3) is 5.91 Å². The van der Waals surface area contributed by atoms with E-state index in [1.54, 1.807) is 12.4 Å². The third-order valence-corrected chi connectivity index (χ3v) is 10.5. The Hall–Kier alpha value is -5.10. The van der Waals surface area contributed by atoms with Gasteiger partial charge in [0.15, 0.2) is 0 Å². The number of amides is 4. The maximum absolute atomic E-state index is 13.2. The van der Waals surface area contributed by atoms with E-state index in [0.29, 0.717) is 50.2 Å². The van der Waals surface area contributed by atoms with Crippen LogP contribution in [0.3, 0.4) is 0 Å². The molecule has 2 N–H and O–H groups in total. The zero-order valence-corrected chi connectivity index (χ0v) is 31.4. The number of carbonyl (C=O) groups is 4. The van der Waals surface area contributed by atoms with Crippen LogP contribution < -0.4 is 15.0 Å². The molecule has 4 amide bonds. The van der Waals surface area contributed by atoms with Gasteiger partial charge in [-0.1, -0.05) is 26.0 Å². The maximum Gasteiger partial charge on any atom is 0.254 e. The number of likely N-dealkylation sites (tertiary alicyclic amines) is 1. The lowest BCUT2D eigenvalue weighted by molar-refractivity contribution is -0.125. The molecule has 2 fully saturated rings. The summed E-state index contributed by atoms with van der Waals surface area (Å²) in [5.41, 5.74) is 6.76. The monoisotopic (exact) mass is 723 g/mol. The second kappa shape index (κ2) is 19.1. The van der Waals surface area contributed by atoms with Crippen molar-refractivity contribution >= 4 is 48.7 Å². The van der Waals surface area contributed by atoms with Crippen LogP contribution in [0.15, 0.2) is 47.6 Å². The van der Waals surface area contributed by atoms with Crippen LogP contribution in [0.4, 0.5) is 5.69 Å². The topological polar surface area (TPSA) is 140 Å². The van der Waals surface area contributed by atoms with Gasteiger partial charge in [0.2, 0.25) is 24.6 Å². The lowest BCUT2D eigenvalue weighted by Crippen LogP contribution is -2.35. The third kappa shape index (κ3) is 9.87. The maximum atomic E-state index is 13.2. The van der Waals surface area contributed by atoms with E-state index in [9.17, 15) is 19.2 Å². The number of H-pyrrole nitrogens is 1. The number of imide groups is 1. The molecule has 3 aliphatic rings. The summed E-state index contributed by atoms with van der Waals surface area (Å²) in [6.07, 6.45) is 14.3.